The molecule has 0 aromatic heterocycles. The number of fused-ring (bicyclic) bond motifs is 1. The number of amides is 3. The molecule has 2 aliphatic rings. The number of carbonyl (C=O) groups is 2. The summed E-state index contributed by atoms with van der Waals surface area (Å²) < 4.78 is 5.66. The molecule has 130 valence electrons. The van der Waals surface area contributed by atoms with Gasteiger partial charge in [-0.3, -0.25) is 4.79 Å². The molecule has 6 nitrogen and oxygen atoms in total. The van der Waals surface area contributed by atoms with E-state index >= 15 is 0 Å². The molecule has 2 heterocycles. The van der Waals surface area contributed by atoms with Crippen LogP contribution in [-0.4, -0.2) is 80.6 Å². The molecular weight excluding hydrogens is 294 g/mol. The maximum atomic E-state index is 12.6. The van der Waals surface area contributed by atoms with E-state index in [1.54, 1.807) is 25.1 Å². The summed E-state index contributed by atoms with van der Waals surface area (Å²) in [5.74, 6) is 0.848. The predicted molar refractivity (Wildman–Crippen MR) is 89.0 cm³/mol. The van der Waals surface area contributed by atoms with Crippen LogP contribution in [0.1, 0.15) is 12.8 Å². The highest BCUT2D eigenvalue weighted by Crippen LogP contribution is 2.36. The Balaban J connectivity index is 2.08. The van der Waals surface area contributed by atoms with Crippen molar-refractivity contribution in [1.82, 2.24) is 14.7 Å². The second-order valence-electron chi connectivity index (χ2n) is 6.82. The number of likely N-dealkylation sites (tertiary alicyclic amines) is 2. The van der Waals surface area contributed by atoms with Gasteiger partial charge in [0.25, 0.3) is 0 Å². The van der Waals surface area contributed by atoms with Crippen molar-refractivity contribution < 1.29 is 14.3 Å². The second-order valence-corrected chi connectivity index (χ2v) is 6.82. The molecule has 0 saturated carbocycles. The van der Waals surface area contributed by atoms with Crippen LogP contribution in [0.3, 0.4) is 0 Å². The van der Waals surface area contributed by atoms with Gasteiger partial charge >= 0.3 is 6.03 Å². The smallest absolute Gasteiger partial charge is 0.319 e. The third kappa shape index (κ3) is 4.05. The summed E-state index contributed by atoms with van der Waals surface area (Å²) in [5, 5.41) is 0. The Hall–Kier alpha value is -1.56. The first-order valence-electron chi connectivity index (χ1n) is 8.35. The van der Waals surface area contributed by atoms with Crippen molar-refractivity contribution in [2.45, 2.75) is 12.8 Å². The molecule has 0 radical (unpaired) electrons. The Kier molecular flexibility index (Phi) is 6.04. The Morgan fingerprint density at radius 1 is 1.39 bits per heavy atom. The van der Waals surface area contributed by atoms with Gasteiger partial charge in [-0.1, -0.05) is 6.08 Å². The monoisotopic (exact) mass is 323 g/mol. The van der Waals surface area contributed by atoms with Crippen LogP contribution >= 0.6 is 0 Å². The quantitative estimate of drug-likeness (QED) is 0.579. The average molecular weight is 323 g/mol. The summed E-state index contributed by atoms with van der Waals surface area (Å²) in [7, 11) is 5.41. The van der Waals surface area contributed by atoms with Crippen LogP contribution in [0.4, 0.5) is 4.79 Å². The topological polar surface area (TPSA) is 53.1 Å². The van der Waals surface area contributed by atoms with Crippen LogP contribution in [0.2, 0.25) is 0 Å². The summed E-state index contributed by atoms with van der Waals surface area (Å²) in [6.07, 6.45) is 3.36. The van der Waals surface area contributed by atoms with Crippen LogP contribution < -0.4 is 0 Å². The van der Waals surface area contributed by atoms with E-state index in [0.29, 0.717) is 38.1 Å². The Morgan fingerprint density at radius 2 is 2.09 bits per heavy atom. The van der Waals surface area contributed by atoms with E-state index in [4.69, 9.17) is 4.74 Å². The fourth-order valence-electron chi connectivity index (χ4n) is 3.81. The fraction of sp³-hybridized carbons (Fsp3) is 0.765. The van der Waals surface area contributed by atoms with E-state index in [1.807, 2.05) is 16.8 Å². The normalized spacial score (nSPS) is 28.1. The minimum atomic E-state index is 0.00560. The summed E-state index contributed by atoms with van der Waals surface area (Å²) in [5.41, 5.74) is 0. The lowest BCUT2D eigenvalue weighted by Gasteiger charge is -2.41. The second kappa shape index (κ2) is 7.81. The first-order valence-corrected chi connectivity index (χ1v) is 8.35. The van der Waals surface area contributed by atoms with E-state index in [2.05, 4.69) is 6.58 Å². The van der Waals surface area contributed by atoms with Crippen molar-refractivity contribution >= 4 is 11.9 Å². The highest BCUT2D eigenvalue weighted by molar-refractivity contribution is 5.80. The van der Waals surface area contributed by atoms with Crippen molar-refractivity contribution in [1.29, 1.82) is 0 Å². The summed E-state index contributed by atoms with van der Waals surface area (Å²) in [6, 6.07) is 0.0314. The molecule has 3 amide bonds. The molecule has 6 heteroatoms. The predicted octanol–water partition coefficient (Wildman–Crippen LogP) is 1.29. The van der Waals surface area contributed by atoms with E-state index in [-0.39, 0.29) is 17.9 Å². The molecule has 23 heavy (non-hydrogen) atoms. The molecule has 2 aliphatic heterocycles. The largest absolute Gasteiger partial charge is 0.377 e. The number of carbonyl (C=O) groups excluding carboxylic acids is 2. The van der Waals surface area contributed by atoms with Gasteiger partial charge in [-0.2, -0.15) is 0 Å². The first kappa shape index (κ1) is 17.8. The minimum absolute atomic E-state index is 0.00560. The number of rotatable bonds is 4. The fourth-order valence-corrected chi connectivity index (χ4v) is 3.81. The number of hydrogen-bond acceptors (Lipinski definition) is 3. The lowest BCUT2D eigenvalue weighted by Crippen LogP contribution is -2.50. The molecule has 2 fully saturated rings. The van der Waals surface area contributed by atoms with Crippen LogP contribution in [0.25, 0.3) is 0 Å². The van der Waals surface area contributed by atoms with E-state index in [0.717, 1.165) is 19.4 Å². The van der Waals surface area contributed by atoms with Gasteiger partial charge in [0, 0.05) is 52.6 Å². The maximum absolute atomic E-state index is 12.6. The van der Waals surface area contributed by atoms with Crippen molar-refractivity contribution in [3.8, 4) is 0 Å². The third-order valence-electron chi connectivity index (χ3n) is 4.99. The molecular formula is C17H29N3O3. The van der Waals surface area contributed by atoms with Crippen LogP contribution in [0.15, 0.2) is 12.7 Å². The van der Waals surface area contributed by atoms with E-state index < -0.39 is 0 Å². The molecule has 0 unspecified atom stereocenters. The Labute approximate surface area is 139 Å². The summed E-state index contributed by atoms with van der Waals surface area (Å²) in [6.45, 7) is 6.96. The van der Waals surface area contributed by atoms with Gasteiger partial charge in [0.2, 0.25) is 5.91 Å². The zero-order valence-electron chi connectivity index (χ0n) is 14.5. The maximum Gasteiger partial charge on any atom is 0.319 e. The van der Waals surface area contributed by atoms with Crippen LogP contribution in [0, 0.1) is 17.8 Å². The lowest BCUT2D eigenvalue weighted by atomic mass is 9.75. The van der Waals surface area contributed by atoms with Gasteiger partial charge in [0.15, 0.2) is 0 Å². The summed E-state index contributed by atoms with van der Waals surface area (Å²) >= 11 is 0. The molecule has 2 rings (SSSR count). The highest BCUT2D eigenvalue weighted by Gasteiger charge is 2.43. The molecule has 2 saturated heterocycles. The molecule has 0 aliphatic carbocycles. The minimum Gasteiger partial charge on any atom is -0.377 e. The zero-order valence-corrected chi connectivity index (χ0v) is 14.5. The number of piperidine rings is 1. The zero-order chi connectivity index (χ0) is 17.0. The molecule has 0 spiro atoms. The van der Waals surface area contributed by atoms with Gasteiger partial charge in [0.05, 0.1) is 13.2 Å². The number of urea groups is 1. The molecule has 0 aromatic rings. The highest BCUT2D eigenvalue weighted by atomic mass is 16.5. The van der Waals surface area contributed by atoms with E-state index in [1.165, 1.54) is 0 Å². The molecule has 0 aromatic carbocycles. The number of ether oxygens (including phenoxy) is 1. The standard InChI is InChI=1S/C17H29N3O3/c1-5-10-23-12-13-11-19(4)16(21)15-7-9-20(8-6-14(13)15)17(22)18(2)3/h5,13-15H,1,6-12H2,2-4H3/t13-,14+,15+/m0/s1. The molecule has 3 atom stereocenters. The van der Waals surface area contributed by atoms with Crippen molar-refractivity contribution in [3.63, 3.8) is 0 Å². The lowest BCUT2D eigenvalue weighted by molar-refractivity contribution is -0.144. The van der Waals surface area contributed by atoms with Crippen molar-refractivity contribution in [3.05, 3.63) is 12.7 Å². The average Bonchev–Trinajstić information content (AvgIpc) is 2.74. The number of nitrogens with zero attached hydrogens (tertiary/aromatic N) is 3. The van der Waals surface area contributed by atoms with Crippen molar-refractivity contribution in [2.24, 2.45) is 17.8 Å². The van der Waals surface area contributed by atoms with E-state index in [9.17, 15) is 9.59 Å². The number of hydrogen-bond donors (Lipinski definition) is 0. The van der Waals surface area contributed by atoms with Gasteiger partial charge in [-0.25, -0.2) is 4.79 Å². The SMILES string of the molecule is C=CCOC[C@@H]1CN(C)C(=O)[C@@H]2CCN(C(=O)N(C)C)CC[C@H]12. The van der Waals surface area contributed by atoms with Crippen LogP contribution in [0.5, 0.6) is 0 Å². The van der Waals surface area contributed by atoms with Gasteiger partial charge < -0.3 is 19.4 Å². The first-order chi connectivity index (χ1) is 11.0. The van der Waals surface area contributed by atoms with Crippen LogP contribution in [-0.2, 0) is 9.53 Å². The molecule has 0 N–H and O–H groups in total. The molecule has 0 bridgehead atoms. The Morgan fingerprint density at radius 3 is 2.74 bits per heavy atom. The third-order valence-corrected chi connectivity index (χ3v) is 4.99. The van der Waals surface area contributed by atoms with Gasteiger partial charge in [-0.15, -0.1) is 6.58 Å². The Bertz CT molecular complexity index is 452. The van der Waals surface area contributed by atoms with Gasteiger partial charge in [-0.05, 0) is 18.8 Å². The summed E-state index contributed by atoms with van der Waals surface area (Å²) in [4.78, 5) is 30.1. The van der Waals surface area contributed by atoms with Gasteiger partial charge in [0.1, 0.15) is 0 Å². The van der Waals surface area contributed by atoms with Crippen molar-refractivity contribution in [2.75, 3.05) is 54.0 Å².